The van der Waals surface area contributed by atoms with E-state index in [1.54, 1.807) is 10.7 Å². The first-order chi connectivity index (χ1) is 13.5. The Morgan fingerprint density at radius 2 is 2.07 bits per heavy atom. The van der Waals surface area contributed by atoms with E-state index in [1.165, 1.54) is 0 Å². The zero-order valence-corrected chi connectivity index (χ0v) is 16.2. The molecule has 1 aliphatic heterocycles. The molecule has 8 heteroatoms. The molecular formula is C20H24N6O2. The summed E-state index contributed by atoms with van der Waals surface area (Å²) in [5.41, 5.74) is 0.572. The summed E-state index contributed by atoms with van der Waals surface area (Å²) in [6.45, 7) is 5.58. The van der Waals surface area contributed by atoms with Gasteiger partial charge in [-0.2, -0.15) is 5.10 Å². The lowest BCUT2D eigenvalue weighted by atomic mass is 9.96. The summed E-state index contributed by atoms with van der Waals surface area (Å²) in [6.07, 6.45) is 2.19. The van der Waals surface area contributed by atoms with Gasteiger partial charge < -0.3 is 9.88 Å². The Labute approximate surface area is 162 Å². The van der Waals surface area contributed by atoms with Crippen LogP contribution in [0.1, 0.15) is 42.7 Å². The average molecular weight is 380 g/mol. The van der Waals surface area contributed by atoms with Crippen LogP contribution in [0.5, 0.6) is 0 Å². The van der Waals surface area contributed by atoms with Crippen molar-refractivity contribution in [1.29, 1.82) is 0 Å². The molecule has 0 aliphatic carbocycles. The van der Waals surface area contributed by atoms with Gasteiger partial charge in [-0.3, -0.25) is 9.59 Å². The Kier molecular flexibility index (Phi) is 4.93. The zero-order chi connectivity index (χ0) is 19.7. The van der Waals surface area contributed by atoms with E-state index in [-0.39, 0.29) is 17.4 Å². The minimum atomic E-state index is -0.124. The largest absolute Gasteiger partial charge is 0.342 e. The molecule has 1 atom stereocenters. The van der Waals surface area contributed by atoms with E-state index in [0.717, 1.165) is 25.2 Å². The summed E-state index contributed by atoms with van der Waals surface area (Å²) in [7, 11) is 0. The van der Waals surface area contributed by atoms with Gasteiger partial charge in [-0.25, -0.2) is 14.6 Å². The van der Waals surface area contributed by atoms with Crippen LogP contribution in [0.25, 0.3) is 10.9 Å². The molecule has 0 bridgehead atoms. The lowest BCUT2D eigenvalue weighted by Gasteiger charge is -2.32. The van der Waals surface area contributed by atoms with Crippen LogP contribution in [0, 0.1) is 13.8 Å². The molecule has 1 N–H and O–H groups in total. The molecule has 0 saturated carbocycles. The smallest absolute Gasteiger partial charge is 0.258 e. The fourth-order valence-electron chi connectivity index (χ4n) is 3.86. The quantitative estimate of drug-likeness (QED) is 0.746. The van der Waals surface area contributed by atoms with Gasteiger partial charge in [0.25, 0.3) is 5.56 Å². The normalized spacial score (nSPS) is 17.2. The van der Waals surface area contributed by atoms with Crippen molar-refractivity contribution in [3.63, 3.8) is 0 Å². The molecule has 8 nitrogen and oxygen atoms in total. The average Bonchev–Trinajstić information content (AvgIpc) is 3.03. The van der Waals surface area contributed by atoms with Crippen molar-refractivity contribution in [3.8, 4) is 0 Å². The van der Waals surface area contributed by atoms with Gasteiger partial charge in [0, 0.05) is 25.4 Å². The van der Waals surface area contributed by atoms with Gasteiger partial charge in [-0.1, -0.05) is 12.1 Å². The highest BCUT2D eigenvalue weighted by molar-refractivity contribution is 5.77. The number of H-pyrrole nitrogens is 1. The molecule has 1 aliphatic rings. The SMILES string of the molecule is Cc1nc(C)n(CCC(=O)N2CCC[C@H](c3nc4ccccc4c(=O)[nH]3)C2)n1. The van der Waals surface area contributed by atoms with Gasteiger partial charge in [-0.15, -0.1) is 0 Å². The molecule has 3 heterocycles. The third-order valence-corrected chi connectivity index (χ3v) is 5.29. The van der Waals surface area contributed by atoms with Crippen LogP contribution in [0.3, 0.4) is 0 Å². The summed E-state index contributed by atoms with van der Waals surface area (Å²) in [6, 6.07) is 7.33. The molecule has 1 amide bonds. The lowest BCUT2D eigenvalue weighted by molar-refractivity contribution is -0.132. The number of aromatic nitrogens is 5. The van der Waals surface area contributed by atoms with Gasteiger partial charge >= 0.3 is 0 Å². The van der Waals surface area contributed by atoms with Crippen molar-refractivity contribution >= 4 is 16.8 Å². The van der Waals surface area contributed by atoms with Crippen LogP contribution < -0.4 is 5.56 Å². The van der Waals surface area contributed by atoms with Gasteiger partial charge in [0.15, 0.2) is 0 Å². The molecule has 0 unspecified atom stereocenters. The highest BCUT2D eigenvalue weighted by atomic mass is 16.2. The number of fused-ring (bicyclic) bond motifs is 1. The predicted octanol–water partition coefficient (Wildman–Crippen LogP) is 1.93. The maximum Gasteiger partial charge on any atom is 0.258 e. The third-order valence-electron chi connectivity index (χ3n) is 5.29. The molecule has 1 saturated heterocycles. The number of carbonyl (C=O) groups is 1. The molecule has 1 aromatic carbocycles. The predicted molar refractivity (Wildman–Crippen MR) is 105 cm³/mol. The number of amides is 1. The van der Waals surface area contributed by atoms with Gasteiger partial charge in [0.2, 0.25) is 5.91 Å². The maximum absolute atomic E-state index is 12.7. The Balaban J connectivity index is 1.46. The van der Waals surface area contributed by atoms with Crippen LogP contribution in [0.15, 0.2) is 29.1 Å². The number of rotatable bonds is 4. The first kappa shape index (κ1) is 18.3. The molecular weight excluding hydrogens is 356 g/mol. The number of likely N-dealkylation sites (tertiary alicyclic amines) is 1. The van der Waals surface area contributed by atoms with E-state index in [0.29, 0.717) is 42.1 Å². The number of piperidine rings is 1. The third kappa shape index (κ3) is 3.67. The molecule has 146 valence electrons. The number of hydrogen-bond donors (Lipinski definition) is 1. The highest BCUT2D eigenvalue weighted by Crippen LogP contribution is 2.25. The summed E-state index contributed by atoms with van der Waals surface area (Å²) in [4.78, 5) is 38.8. The van der Waals surface area contributed by atoms with Crippen molar-refractivity contribution in [3.05, 3.63) is 52.1 Å². The monoisotopic (exact) mass is 380 g/mol. The number of nitrogens with one attached hydrogen (secondary N) is 1. The van der Waals surface area contributed by atoms with E-state index in [9.17, 15) is 9.59 Å². The van der Waals surface area contributed by atoms with E-state index in [1.807, 2.05) is 36.9 Å². The first-order valence-electron chi connectivity index (χ1n) is 9.66. The summed E-state index contributed by atoms with van der Waals surface area (Å²) in [5.74, 6) is 2.35. The Morgan fingerprint density at radius 1 is 1.25 bits per heavy atom. The Morgan fingerprint density at radius 3 is 2.86 bits per heavy atom. The van der Waals surface area contributed by atoms with Crippen molar-refractivity contribution in [2.45, 2.75) is 45.6 Å². The van der Waals surface area contributed by atoms with E-state index in [4.69, 9.17) is 0 Å². The van der Waals surface area contributed by atoms with Crippen LogP contribution in [-0.4, -0.2) is 48.6 Å². The second kappa shape index (κ2) is 7.53. The minimum absolute atomic E-state index is 0.0466. The number of aromatic amines is 1. The first-order valence-corrected chi connectivity index (χ1v) is 9.66. The summed E-state index contributed by atoms with van der Waals surface area (Å²) < 4.78 is 1.77. The van der Waals surface area contributed by atoms with E-state index >= 15 is 0 Å². The second-order valence-electron chi connectivity index (χ2n) is 7.33. The highest BCUT2D eigenvalue weighted by Gasteiger charge is 2.26. The topological polar surface area (TPSA) is 96.8 Å². The molecule has 4 rings (SSSR count). The van der Waals surface area contributed by atoms with E-state index in [2.05, 4.69) is 20.1 Å². The van der Waals surface area contributed by atoms with Crippen molar-refractivity contribution in [1.82, 2.24) is 29.6 Å². The number of benzene rings is 1. The van der Waals surface area contributed by atoms with Crippen molar-refractivity contribution in [2.75, 3.05) is 13.1 Å². The Hall–Kier alpha value is -3.03. The van der Waals surface area contributed by atoms with E-state index < -0.39 is 0 Å². The molecule has 28 heavy (non-hydrogen) atoms. The van der Waals surface area contributed by atoms with Crippen molar-refractivity contribution in [2.24, 2.45) is 0 Å². The second-order valence-corrected chi connectivity index (χ2v) is 7.33. The summed E-state index contributed by atoms with van der Waals surface area (Å²) in [5, 5.41) is 4.90. The number of hydrogen-bond acceptors (Lipinski definition) is 5. The van der Waals surface area contributed by atoms with Gasteiger partial charge in [-0.05, 0) is 38.8 Å². The number of nitrogens with zero attached hydrogens (tertiary/aromatic N) is 5. The number of aryl methyl sites for hydroxylation is 3. The van der Waals surface area contributed by atoms with Crippen LogP contribution >= 0.6 is 0 Å². The minimum Gasteiger partial charge on any atom is -0.342 e. The summed E-state index contributed by atoms with van der Waals surface area (Å²) >= 11 is 0. The van der Waals surface area contributed by atoms with Crippen LogP contribution in [-0.2, 0) is 11.3 Å². The maximum atomic E-state index is 12.7. The number of para-hydroxylation sites is 1. The molecule has 1 fully saturated rings. The van der Waals surface area contributed by atoms with Crippen molar-refractivity contribution < 1.29 is 4.79 Å². The van der Waals surface area contributed by atoms with Gasteiger partial charge in [0.1, 0.15) is 17.5 Å². The number of carbonyl (C=O) groups excluding carboxylic acids is 1. The molecule has 3 aromatic rings. The van der Waals surface area contributed by atoms with Gasteiger partial charge in [0.05, 0.1) is 17.4 Å². The Bertz CT molecular complexity index is 1070. The fourth-order valence-corrected chi connectivity index (χ4v) is 3.86. The molecule has 2 aromatic heterocycles. The molecule has 0 spiro atoms. The standard InChI is InChI=1S/C20H24N6O2/c1-13-21-14(2)26(24-13)11-9-18(27)25-10-5-6-15(12-25)19-22-17-8-4-3-7-16(17)20(28)23-19/h3-4,7-8,15H,5-6,9-12H2,1-2H3,(H,22,23,28)/t15-/m0/s1. The van der Waals surface area contributed by atoms with Crippen LogP contribution in [0.4, 0.5) is 0 Å². The fraction of sp³-hybridized carbons (Fsp3) is 0.450. The lowest BCUT2D eigenvalue weighted by Crippen LogP contribution is -2.40. The zero-order valence-electron chi connectivity index (χ0n) is 16.2. The molecule has 0 radical (unpaired) electrons. The van der Waals surface area contributed by atoms with Crippen LogP contribution in [0.2, 0.25) is 0 Å².